The van der Waals surface area contributed by atoms with Gasteiger partial charge in [0.25, 0.3) is 11.8 Å². The lowest BCUT2D eigenvalue weighted by atomic mass is 9.96. The average Bonchev–Trinajstić information content (AvgIpc) is 3.26. The van der Waals surface area contributed by atoms with Gasteiger partial charge in [0, 0.05) is 26.2 Å². The molecule has 0 bridgehead atoms. The van der Waals surface area contributed by atoms with E-state index >= 15 is 0 Å². The van der Waals surface area contributed by atoms with E-state index in [0.717, 1.165) is 16.7 Å². The van der Waals surface area contributed by atoms with Gasteiger partial charge >= 0.3 is 0 Å². The van der Waals surface area contributed by atoms with E-state index in [1.807, 2.05) is 25.1 Å². The summed E-state index contributed by atoms with van der Waals surface area (Å²) in [6, 6.07) is 15.3. The molecule has 1 aliphatic heterocycles. The highest BCUT2D eigenvalue weighted by molar-refractivity contribution is 6.01. The van der Waals surface area contributed by atoms with Gasteiger partial charge in [-0.1, -0.05) is 42.0 Å². The molecule has 3 amide bonds. The van der Waals surface area contributed by atoms with Crippen LogP contribution in [0.5, 0.6) is 0 Å². The number of aromatic nitrogens is 2. The summed E-state index contributed by atoms with van der Waals surface area (Å²) < 4.78 is 14.5. The zero-order valence-electron chi connectivity index (χ0n) is 20.0. The van der Waals surface area contributed by atoms with Crippen LogP contribution in [0.1, 0.15) is 44.6 Å². The number of fused-ring (bicyclic) bond motifs is 1. The van der Waals surface area contributed by atoms with Crippen LogP contribution in [0.15, 0.2) is 54.6 Å². The summed E-state index contributed by atoms with van der Waals surface area (Å²) in [5, 5.41) is 9.97. The van der Waals surface area contributed by atoms with Gasteiger partial charge in [0.1, 0.15) is 17.1 Å². The fraction of sp³-hybridized carbons (Fsp3) is 0.308. The second kappa shape index (κ2) is 9.69. The van der Waals surface area contributed by atoms with Gasteiger partial charge < -0.3 is 15.5 Å². The van der Waals surface area contributed by atoms with Crippen LogP contribution < -0.4 is 10.6 Å². The first-order chi connectivity index (χ1) is 16.7. The van der Waals surface area contributed by atoms with Gasteiger partial charge in [0.15, 0.2) is 5.69 Å². The lowest BCUT2D eigenvalue weighted by Gasteiger charge is -2.40. The quantitative estimate of drug-likeness (QED) is 0.547. The standard InChI is InChI=1S/C26H28FN5O3/c1-17-5-4-6-18(13-17)11-12-28-23(33)21-14-22-24(34)31(3)26(2,16-32(22)30-21)25(35)29-15-19-7-9-20(27)10-8-19/h4-10,13-14H,11-12,15-16H2,1-3H3,(H,28,33)(H,29,35)/t26-/m1/s1. The molecule has 2 heterocycles. The number of carbonyl (C=O) groups excluding carboxylic acids is 3. The molecule has 0 spiro atoms. The fourth-order valence-electron chi connectivity index (χ4n) is 4.09. The van der Waals surface area contributed by atoms with Crippen molar-refractivity contribution in [2.24, 2.45) is 0 Å². The van der Waals surface area contributed by atoms with Crippen molar-refractivity contribution in [3.63, 3.8) is 0 Å². The van der Waals surface area contributed by atoms with Crippen LogP contribution >= 0.6 is 0 Å². The summed E-state index contributed by atoms with van der Waals surface area (Å²) in [6.45, 7) is 4.38. The summed E-state index contributed by atoms with van der Waals surface area (Å²) in [7, 11) is 1.55. The van der Waals surface area contributed by atoms with Gasteiger partial charge in [0.05, 0.1) is 6.54 Å². The molecule has 2 aromatic carbocycles. The Labute approximate surface area is 203 Å². The molecule has 0 unspecified atom stereocenters. The second-order valence-electron chi connectivity index (χ2n) is 9.01. The number of carbonyl (C=O) groups is 3. The normalized spacial score (nSPS) is 17.1. The Balaban J connectivity index is 1.42. The van der Waals surface area contributed by atoms with E-state index in [1.165, 1.54) is 27.8 Å². The first kappa shape index (κ1) is 24.1. The first-order valence-corrected chi connectivity index (χ1v) is 11.4. The van der Waals surface area contributed by atoms with Crippen molar-refractivity contribution in [3.8, 4) is 0 Å². The second-order valence-corrected chi connectivity index (χ2v) is 9.01. The molecule has 0 fully saturated rings. The molecule has 35 heavy (non-hydrogen) atoms. The molecule has 2 N–H and O–H groups in total. The first-order valence-electron chi connectivity index (χ1n) is 11.4. The summed E-state index contributed by atoms with van der Waals surface area (Å²) in [5.41, 5.74) is 2.17. The molecule has 8 nitrogen and oxygen atoms in total. The van der Waals surface area contributed by atoms with Gasteiger partial charge in [-0.25, -0.2) is 4.39 Å². The molecular weight excluding hydrogens is 449 g/mol. The van der Waals surface area contributed by atoms with E-state index in [0.29, 0.717) is 13.0 Å². The summed E-state index contributed by atoms with van der Waals surface area (Å²) in [5.74, 6) is -1.51. The summed E-state index contributed by atoms with van der Waals surface area (Å²) in [4.78, 5) is 40.1. The van der Waals surface area contributed by atoms with Gasteiger partial charge in [-0.05, 0) is 43.5 Å². The summed E-state index contributed by atoms with van der Waals surface area (Å²) in [6.07, 6.45) is 0.676. The minimum absolute atomic E-state index is 0.0936. The van der Waals surface area contributed by atoms with Crippen molar-refractivity contribution >= 4 is 17.7 Å². The smallest absolute Gasteiger partial charge is 0.272 e. The van der Waals surface area contributed by atoms with Crippen molar-refractivity contribution in [2.75, 3.05) is 13.6 Å². The van der Waals surface area contributed by atoms with Crippen molar-refractivity contribution in [3.05, 3.63) is 88.5 Å². The zero-order valence-corrected chi connectivity index (χ0v) is 20.0. The average molecular weight is 478 g/mol. The van der Waals surface area contributed by atoms with Gasteiger partial charge in [-0.15, -0.1) is 0 Å². The van der Waals surface area contributed by atoms with Crippen LogP contribution in [-0.4, -0.2) is 51.5 Å². The van der Waals surface area contributed by atoms with E-state index in [2.05, 4.69) is 21.8 Å². The van der Waals surface area contributed by atoms with Crippen LogP contribution in [0, 0.1) is 12.7 Å². The number of likely N-dealkylation sites (N-methyl/N-ethyl adjacent to an activating group) is 1. The van der Waals surface area contributed by atoms with Crippen LogP contribution in [-0.2, 0) is 24.3 Å². The molecule has 9 heteroatoms. The molecule has 3 aromatic rings. The fourth-order valence-corrected chi connectivity index (χ4v) is 4.09. The third-order valence-corrected chi connectivity index (χ3v) is 6.37. The highest BCUT2D eigenvalue weighted by Crippen LogP contribution is 2.26. The minimum Gasteiger partial charge on any atom is -0.350 e. The number of hydrogen-bond donors (Lipinski definition) is 2. The Kier molecular flexibility index (Phi) is 6.68. The number of halogens is 1. The maximum atomic E-state index is 13.1. The maximum Gasteiger partial charge on any atom is 0.272 e. The molecular formula is C26H28FN5O3. The molecule has 0 saturated carbocycles. The van der Waals surface area contributed by atoms with Crippen molar-refractivity contribution in [1.29, 1.82) is 0 Å². The molecule has 1 aromatic heterocycles. The molecule has 1 atom stereocenters. The monoisotopic (exact) mass is 477 g/mol. The number of rotatable bonds is 7. The Morgan fingerprint density at radius 2 is 1.83 bits per heavy atom. The Hall–Kier alpha value is -4.01. The van der Waals surface area contributed by atoms with E-state index in [-0.39, 0.29) is 42.1 Å². The largest absolute Gasteiger partial charge is 0.350 e. The van der Waals surface area contributed by atoms with Crippen LogP contribution in [0.2, 0.25) is 0 Å². The van der Waals surface area contributed by atoms with Crippen molar-refractivity contribution in [1.82, 2.24) is 25.3 Å². The lowest BCUT2D eigenvalue weighted by molar-refractivity contribution is -0.132. The molecule has 0 saturated heterocycles. The van der Waals surface area contributed by atoms with Gasteiger partial charge in [-0.3, -0.25) is 19.1 Å². The molecule has 0 aliphatic carbocycles. The predicted octanol–water partition coefficient (Wildman–Crippen LogP) is 2.46. The van der Waals surface area contributed by atoms with E-state index in [9.17, 15) is 18.8 Å². The number of aryl methyl sites for hydroxylation is 1. The number of nitrogens with zero attached hydrogens (tertiary/aromatic N) is 3. The Morgan fingerprint density at radius 3 is 2.54 bits per heavy atom. The van der Waals surface area contributed by atoms with Crippen molar-refractivity contribution in [2.45, 2.75) is 38.9 Å². The van der Waals surface area contributed by atoms with E-state index < -0.39 is 11.4 Å². The van der Waals surface area contributed by atoms with Crippen LogP contribution in [0.3, 0.4) is 0 Å². The number of benzene rings is 2. The topological polar surface area (TPSA) is 96.3 Å². The number of hydrogen-bond acceptors (Lipinski definition) is 4. The van der Waals surface area contributed by atoms with Gasteiger partial charge in [0.2, 0.25) is 5.91 Å². The van der Waals surface area contributed by atoms with Gasteiger partial charge in [-0.2, -0.15) is 5.10 Å². The molecule has 0 radical (unpaired) electrons. The van der Waals surface area contributed by atoms with Crippen LogP contribution in [0.4, 0.5) is 4.39 Å². The van der Waals surface area contributed by atoms with Crippen molar-refractivity contribution < 1.29 is 18.8 Å². The minimum atomic E-state index is -1.21. The SMILES string of the molecule is Cc1cccc(CCNC(=O)c2cc3n(n2)C[C@](C)(C(=O)NCc2ccc(F)cc2)N(C)C3=O)c1. The Bertz CT molecular complexity index is 1270. The maximum absolute atomic E-state index is 13.1. The third-order valence-electron chi connectivity index (χ3n) is 6.37. The lowest BCUT2D eigenvalue weighted by Crippen LogP contribution is -2.62. The predicted molar refractivity (Wildman–Crippen MR) is 128 cm³/mol. The highest BCUT2D eigenvalue weighted by Gasteiger charge is 2.46. The van der Waals surface area contributed by atoms with E-state index in [4.69, 9.17) is 0 Å². The number of nitrogens with one attached hydrogen (secondary N) is 2. The van der Waals surface area contributed by atoms with Crippen LogP contribution in [0.25, 0.3) is 0 Å². The molecule has 1 aliphatic rings. The molecule has 182 valence electrons. The number of amides is 3. The zero-order chi connectivity index (χ0) is 25.2. The Morgan fingerprint density at radius 1 is 1.09 bits per heavy atom. The third kappa shape index (κ3) is 5.08. The van der Waals surface area contributed by atoms with E-state index in [1.54, 1.807) is 26.1 Å². The summed E-state index contributed by atoms with van der Waals surface area (Å²) >= 11 is 0. The highest BCUT2D eigenvalue weighted by atomic mass is 19.1. The molecule has 4 rings (SSSR count).